The summed E-state index contributed by atoms with van der Waals surface area (Å²) in [6, 6.07) is 10.6. The second-order valence-electron chi connectivity index (χ2n) is 7.09. The highest BCUT2D eigenvalue weighted by atomic mass is 16.5. The minimum atomic E-state index is -0.311. The molecule has 2 rings (SSSR count). The van der Waals surface area contributed by atoms with Gasteiger partial charge in [-0.3, -0.25) is 9.59 Å². The SMILES string of the molecule is CCCCOc1cc(C(=O)Nc2ccc(NC)cc2)c(OCCCC)cc1C(C)=O. The van der Waals surface area contributed by atoms with Crippen LogP contribution in [0.15, 0.2) is 36.4 Å². The lowest BCUT2D eigenvalue weighted by molar-refractivity contribution is 0.0998. The number of carbonyl (C=O) groups is 2. The lowest BCUT2D eigenvalue weighted by Gasteiger charge is -2.17. The zero-order valence-corrected chi connectivity index (χ0v) is 18.3. The molecule has 1 amide bonds. The van der Waals surface area contributed by atoms with E-state index >= 15 is 0 Å². The average molecular weight is 413 g/mol. The molecule has 0 unspecified atom stereocenters. The molecule has 0 bridgehead atoms. The van der Waals surface area contributed by atoms with Crippen molar-refractivity contribution in [2.75, 3.05) is 30.9 Å². The van der Waals surface area contributed by atoms with Crippen LogP contribution >= 0.6 is 0 Å². The maximum Gasteiger partial charge on any atom is 0.259 e. The first kappa shape index (κ1) is 23.3. The predicted octanol–water partition coefficient (Wildman–Crippen LogP) is 5.54. The van der Waals surface area contributed by atoms with E-state index in [1.165, 1.54) is 6.92 Å². The Morgan fingerprint density at radius 3 is 1.83 bits per heavy atom. The fourth-order valence-electron chi connectivity index (χ4n) is 2.82. The largest absolute Gasteiger partial charge is 0.493 e. The molecule has 0 heterocycles. The molecule has 2 N–H and O–H groups in total. The van der Waals surface area contributed by atoms with E-state index in [-0.39, 0.29) is 11.7 Å². The van der Waals surface area contributed by atoms with E-state index in [9.17, 15) is 9.59 Å². The number of benzene rings is 2. The van der Waals surface area contributed by atoms with E-state index in [0.29, 0.717) is 41.5 Å². The van der Waals surface area contributed by atoms with Crippen molar-refractivity contribution in [3.63, 3.8) is 0 Å². The van der Waals surface area contributed by atoms with Crippen molar-refractivity contribution in [3.05, 3.63) is 47.5 Å². The first-order valence-electron chi connectivity index (χ1n) is 10.5. The van der Waals surface area contributed by atoms with Gasteiger partial charge in [0.2, 0.25) is 0 Å². The maximum atomic E-state index is 13.0. The van der Waals surface area contributed by atoms with Gasteiger partial charge in [0, 0.05) is 18.4 Å². The number of hydrogen-bond acceptors (Lipinski definition) is 5. The van der Waals surface area contributed by atoms with Crippen LogP contribution in [0.25, 0.3) is 0 Å². The zero-order valence-electron chi connectivity index (χ0n) is 18.3. The van der Waals surface area contributed by atoms with Crippen molar-refractivity contribution >= 4 is 23.1 Å². The lowest BCUT2D eigenvalue weighted by atomic mass is 10.0. The first-order chi connectivity index (χ1) is 14.5. The van der Waals surface area contributed by atoms with Gasteiger partial charge < -0.3 is 20.1 Å². The Kier molecular flexibility index (Phi) is 9.19. The summed E-state index contributed by atoms with van der Waals surface area (Å²) in [6.45, 7) is 6.58. The van der Waals surface area contributed by atoms with Gasteiger partial charge in [-0.15, -0.1) is 0 Å². The molecule has 0 atom stereocenters. The van der Waals surface area contributed by atoms with E-state index in [0.717, 1.165) is 31.4 Å². The van der Waals surface area contributed by atoms with Gasteiger partial charge in [0.1, 0.15) is 11.5 Å². The molecule has 2 aromatic carbocycles. The Hall–Kier alpha value is -3.02. The van der Waals surface area contributed by atoms with Crippen LogP contribution in [0.3, 0.4) is 0 Å². The minimum Gasteiger partial charge on any atom is -0.493 e. The smallest absolute Gasteiger partial charge is 0.259 e. The summed E-state index contributed by atoms with van der Waals surface area (Å²) in [7, 11) is 1.84. The first-order valence-corrected chi connectivity index (χ1v) is 10.5. The Morgan fingerprint density at radius 1 is 0.833 bits per heavy atom. The molecule has 0 aliphatic rings. The topological polar surface area (TPSA) is 76.7 Å². The molecule has 0 saturated carbocycles. The second kappa shape index (κ2) is 11.9. The molecular formula is C24H32N2O4. The van der Waals surface area contributed by atoms with Gasteiger partial charge in [-0.2, -0.15) is 0 Å². The van der Waals surface area contributed by atoms with E-state index in [1.807, 2.05) is 31.3 Å². The molecule has 6 heteroatoms. The molecule has 0 aliphatic carbocycles. The molecule has 162 valence electrons. The number of unbranched alkanes of at least 4 members (excludes halogenated alkanes) is 2. The number of carbonyl (C=O) groups excluding carboxylic acids is 2. The molecule has 6 nitrogen and oxygen atoms in total. The average Bonchev–Trinajstić information content (AvgIpc) is 2.74. The van der Waals surface area contributed by atoms with Gasteiger partial charge >= 0.3 is 0 Å². The third-order valence-corrected chi connectivity index (χ3v) is 4.65. The quantitative estimate of drug-likeness (QED) is 0.353. The fourth-order valence-corrected chi connectivity index (χ4v) is 2.82. The molecule has 0 fully saturated rings. The van der Waals surface area contributed by atoms with E-state index in [1.54, 1.807) is 12.1 Å². The fraction of sp³-hybridized carbons (Fsp3) is 0.417. The normalized spacial score (nSPS) is 10.4. The monoisotopic (exact) mass is 412 g/mol. The van der Waals surface area contributed by atoms with Crippen LogP contribution in [0.5, 0.6) is 11.5 Å². The maximum absolute atomic E-state index is 13.0. The van der Waals surface area contributed by atoms with Gasteiger partial charge in [0.15, 0.2) is 5.78 Å². The summed E-state index contributed by atoms with van der Waals surface area (Å²) in [5.74, 6) is 0.362. The van der Waals surface area contributed by atoms with Crippen molar-refractivity contribution in [2.45, 2.75) is 46.5 Å². The van der Waals surface area contributed by atoms with E-state index in [4.69, 9.17) is 9.47 Å². The van der Waals surface area contributed by atoms with Crippen LogP contribution in [0.4, 0.5) is 11.4 Å². The number of ketones is 1. The highest BCUT2D eigenvalue weighted by Gasteiger charge is 2.20. The van der Waals surface area contributed by atoms with Crippen molar-refractivity contribution in [3.8, 4) is 11.5 Å². The van der Waals surface area contributed by atoms with Crippen LogP contribution in [0.2, 0.25) is 0 Å². The Labute approximate surface area is 179 Å². The number of amides is 1. The van der Waals surface area contributed by atoms with Crippen LogP contribution in [-0.2, 0) is 0 Å². The van der Waals surface area contributed by atoms with Crippen LogP contribution < -0.4 is 20.1 Å². The molecule has 0 aromatic heterocycles. The van der Waals surface area contributed by atoms with Crippen LogP contribution in [-0.4, -0.2) is 32.0 Å². The van der Waals surface area contributed by atoms with Gasteiger partial charge in [0.05, 0.1) is 24.3 Å². The molecule has 0 spiro atoms. The van der Waals surface area contributed by atoms with Crippen LogP contribution in [0, 0.1) is 0 Å². The summed E-state index contributed by atoms with van der Waals surface area (Å²) in [5, 5.41) is 5.94. The predicted molar refractivity (Wildman–Crippen MR) is 121 cm³/mol. The molecular weight excluding hydrogens is 380 g/mol. The standard InChI is InChI=1S/C24H32N2O4/c1-5-7-13-29-22-16-21(23(30-14-8-6-2)15-20(22)17(3)27)24(28)26-19-11-9-18(25-4)10-12-19/h9-12,15-16,25H,5-8,13-14H2,1-4H3,(H,26,28). The summed E-state index contributed by atoms with van der Waals surface area (Å²) in [6.07, 6.45) is 3.67. The molecule has 0 aliphatic heterocycles. The lowest BCUT2D eigenvalue weighted by Crippen LogP contribution is -2.16. The third-order valence-electron chi connectivity index (χ3n) is 4.65. The van der Waals surface area contributed by atoms with E-state index in [2.05, 4.69) is 24.5 Å². The highest BCUT2D eigenvalue weighted by molar-refractivity contribution is 6.08. The van der Waals surface area contributed by atoms with Gasteiger partial charge in [-0.25, -0.2) is 0 Å². The van der Waals surface area contributed by atoms with Crippen molar-refractivity contribution < 1.29 is 19.1 Å². The summed E-state index contributed by atoms with van der Waals surface area (Å²) >= 11 is 0. The zero-order chi connectivity index (χ0) is 21.9. The summed E-state index contributed by atoms with van der Waals surface area (Å²) in [4.78, 5) is 25.2. The number of rotatable bonds is 12. The highest BCUT2D eigenvalue weighted by Crippen LogP contribution is 2.31. The third kappa shape index (κ3) is 6.51. The molecule has 0 saturated heterocycles. The van der Waals surface area contributed by atoms with Crippen molar-refractivity contribution in [1.29, 1.82) is 0 Å². The minimum absolute atomic E-state index is 0.128. The second-order valence-corrected chi connectivity index (χ2v) is 7.09. The number of Topliss-reactive ketones (excluding diaryl/α,β-unsaturated/α-hetero) is 1. The number of ether oxygens (including phenoxy) is 2. The molecule has 2 aromatic rings. The van der Waals surface area contributed by atoms with Gasteiger partial charge in [0.25, 0.3) is 5.91 Å². The Morgan fingerprint density at radius 2 is 1.33 bits per heavy atom. The Balaban J connectivity index is 2.36. The molecule has 30 heavy (non-hydrogen) atoms. The number of hydrogen-bond donors (Lipinski definition) is 2. The number of anilines is 2. The van der Waals surface area contributed by atoms with Gasteiger partial charge in [-0.05, 0) is 56.2 Å². The number of nitrogens with one attached hydrogen (secondary N) is 2. The van der Waals surface area contributed by atoms with Crippen molar-refractivity contribution in [1.82, 2.24) is 0 Å². The van der Waals surface area contributed by atoms with Crippen molar-refractivity contribution in [2.24, 2.45) is 0 Å². The van der Waals surface area contributed by atoms with Gasteiger partial charge in [-0.1, -0.05) is 26.7 Å². The van der Waals surface area contributed by atoms with Crippen LogP contribution in [0.1, 0.15) is 67.2 Å². The van der Waals surface area contributed by atoms with E-state index < -0.39 is 0 Å². The Bertz CT molecular complexity index is 847. The molecule has 0 radical (unpaired) electrons. The summed E-state index contributed by atoms with van der Waals surface area (Å²) < 4.78 is 11.7. The summed E-state index contributed by atoms with van der Waals surface area (Å²) in [5.41, 5.74) is 2.39.